The first-order valence-electron chi connectivity index (χ1n) is 10.8. The van der Waals surface area contributed by atoms with Crippen molar-refractivity contribution in [1.29, 1.82) is 0 Å². The van der Waals surface area contributed by atoms with Crippen molar-refractivity contribution in [3.05, 3.63) is 52.1 Å². The number of amides is 3. The van der Waals surface area contributed by atoms with Gasteiger partial charge < -0.3 is 19.9 Å². The van der Waals surface area contributed by atoms with Crippen molar-refractivity contribution in [2.24, 2.45) is 0 Å². The SMILES string of the molecule is Cc1nc(C)c(C(=O)OC(C)C)c(C(=O)N2CCN(C(=O)Nc3ccc(Cl)cc3)C(C)C2)n1. The molecule has 2 heterocycles. The number of halogens is 1. The molecule has 1 aliphatic heterocycles. The Bertz CT molecular complexity index is 1060. The average Bonchev–Trinajstić information content (AvgIpc) is 2.73. The first-order valence-corrected chi connectivity index (χ1v) is 11.1. The third-order valence-corrected chi connectivity index (χ3v) is 5.47. The molecule has 9 nitrogen and oxygen atoms in total. The normalized spacial score (nSPS) is 16.0. The maximum atomic E-state index is 13.4. The van der Waals surface area contributed by atoms with E-state index in [1.165, 1.54) is 0 Å². The second-order valence-electron chi connectivity index (χ2n) is 8.26. The predicted molar refractivity (Wildman–Crippen MR) is 125 cm³/mol. The minimum Gasteiger partial charge on any atom is -0.459 e. The highest BCUT2D eigenvalue weighted by molar-refractivity contribution is 6.30. The van der Waals surface area contributed by atoms with Gasteiger partial charge in [0.25, 0.3) is 5.91 Å². The molecule has 2 aromatic rings. The number of hydrogen-bond donors (Lipinski definition) is 1. The summed E-state index contributed by atoms with van der Waals surface area (Å²) in [4.78, 5) is 50.5. The predicted octanol–water partition coefficient (Wildman–Crippen LogP) is 3.69. The van der Waals surface area contributed by atoms with Crippen LogP contribution < -0.4 is 5.32 Å². The fraction of sp³-hybridized carbons (Fsp3) is 0.435. The van der Waals surface area contributed by atoms with Crippen LogP contribution in [-0.2, 0) is 4.74 Å². The lowest BCUT2D eigenvalue weighted by molar-refractivity contribution is 0.0367. The van der Waals surface area contributed by atoms with Crippen LogP contribution in [0.5, 0.6) is 0 Å². The number of carbonyl (C=O) groups is 3. The summed E-state index contributed by atoms with van der Waals surface area (Å²) in [5, 5.41) is 3.43. The second kappa shape index (κ2) is 10.2. The fourth-order valence-electron chi connectivity index (χ4n) is 3.71. The lowest BCUT2D eigenvalue weighted by atomic mass is 10.1. The summed E-state index contributed by atoms with van der Waals surface area (Å²) in [6.07, 6.45) is -0.344. The molecule has 1 fully saturated rings. The molecule has 1 aliphatic rings. The molecule has 0 radical (unpaired) electrons. The van der Waals surface area contributed by atoms with Crippen LogP contribution in [0.25, 0.3) is 0 Å². The summed E-state index contributed by atoms with van der Waals surface area (Å²) in [5.74, 6) is -0.616. The molecule has 3 amide bonds. The Morgan fingerprint density at radius 3 is 2.39 bits per heavy atom. The van der Waals surface area contributed by atoms with Crippen molar-refractivity contribution >= 4 is 35.2 Å². The Kier molecular flexibility index (Phi) is 7.53. The van der Waals surface area contributed by atoms with Crippen LogP contribution >= 0.6 is 11.6 Å². The molecule has 33 heavy (non-hydrogen) atoms. The molecule has 10 heteroatoms. The number of nitrogens with zero attached hydrogens (tertiary/aromatic N) is 4. The Morgan fingerprint density at radius 2 is 1.79 bits per heavy atom. The molecule has 1 aromatic heterocycles. The maximum absolute atomic E-state index is 13.4. The van der Waals surface area contributed by atoms with Gasteiger partial charge in [0.15, 0.2) is 0 Å². The highest BCUT2D eigenvalue weighted by atomic mass is 35.5. The van der Waals surface area contributed by atoms with Gasteiger partial charge in [-0.1, -0.05) is 11.6 Å². The van der Waals surface area contributed by atoms with E-state index in [1.807, 2.05) is 6.92 Å². The first kappa shape index (κ1) is 24.4. The molecule has 1 atom stereocenters. The number of benzene rings is 1. The van der Waals surface area contributed by atoms with Crippen LogP contribution in [0.3, 0.4) is 0 Å². The van der Waals surface area contributed by atoms with E-state index in [2.05, 4.69) is 15.3 Å². The summed E-state index contributed by atoms with van der Waals surface area (Å²) in [7, 11) is 0. The van der Waals surface area contributed by atoms with Crippen LogP contribution in [0.15, 0.2) is 24.3 Å². The van der Waals surface area contributed by atoms with Crippen molar-refractivity contribution in [3.8, 4) is 0 Å². The van der Waals surface area contributed by atoms with Crippen LogP contribution in [0, 0.1) is 13.8 Å². The molecule has 0 aliphatic carbocycles. The molecule has 1 N–H and O–H groups in total. The third kappa shape index (κ3) is 5.78. The minimum absolute atomic E-state index is 0.0249. The quantitative estimate of drug-likeness (QED) is 0.679. The number of carbonyl (C=O) groups excluding carboxylic acids is 3. The topological polar surface area (TPSA) is 105 Å². The van der Waals surface area contributed by atoms with Crippen LogP contribution in [0.1, 0.15) is 53.1 Å². The van der Waals surface area contributed by atoms with E-state index in [0.717, 1.165) is 0 Å². The molecule has 3 rings (SSSR count). The van der Waals surface area contributed by atoms with E-state index in [4.69, 9.17) is 16.3 Å². The van der Waals surface area contributed by atoms with E-state index in [0.29, 0.717) is 41.9 Å². The van der Waals surface area contributed by atoms with Gasteiger partial charge in [-0.25, -0.2) is 19.6 Å². The molecule has 1 saturated heterocycles. The summed E-state index contributed by atoms with van der Waals surface area (Å²) in [5.41, 5.74) is 1.13. The molecule has 1 unspecified atom stereocenters. The van der Waals surface area contributed by atoms with E-state index in [-0.39, 0.29) is 35.3 Å². The monoisotopic (exact) mass is 473 g/mol. The number of piperazine rings is 1. The molecule has 0 bridgehead atoms. The lowest BCUT2D eigenvalue weighted by Gasteiger charge is -2.39. The van der Waals surface area contributed by atoms with Crippen molar-refractivity contribution in [3.63, 3.8) is 0 Å². The van der Waals surface area contributed by atoms with Crippen molar-refractivity contribution < 1.29 is 19.1 Å². The smallest absolute Gasteiger partial charge is 0.342 e. The van der Waals surface area contributed by atoms with Gasteiger partial charge in [-0.05, 0) is 58.9 Å². The van der Waals surface area contributed by atoms with Crippen LogP contribution in [-0.4, -0.2) is 69.5 Å². The lowest BCUT2D eigenvalue weighted by Crippen LogP contribution is -2.56. The second-order valence-corrected chi connectivity index (χ2v) is 8.70. The van der Waals surface area contributed by atoms with Crippen molar-refractivity contribution in [1.82, 2.24) is 19.8 Å². The van der Waals surface area contributed by atoms with Gasteiger partial charge in [-0.2, -0.15) is 0 Å². The molecular formula is C23H28ClN5O4. The molecule has 176 valence electrons. The Morgan fingerprint density at radius 1 is 1.12 bits per heavy atom. The first-order chi connectivity index (χ1) is 15.6. The standard InChI is InChI=1S/C23H28ClN5O4/c1-13(2)33-22(31)19-15(4)25-16(5)26-20(19)21(30)28-10-11-29(14(3)12-28)23(32)27-18-8-6-17(24)7-9-18/h6-9,13-14H,10-12H2,1-5H3,(H,27,32). The Labute approximate surface area is 198 Å². The molecule has 0 saturated carbocycles. The summed E-state index contributed by atoms with van der Waals surface area (Å²) in [6, 6.07) is 6.34. The Balaban J connectivity index is 1.75. The van der Waals surface area contributed by atoms with Crippen molar-refractivity contribution in [2.45, 2.75) is 46.8 Å². The number of esters is 1. The number of rotatable bonds is 4. The van der Waals surface area contributed by atoms with Gasteiger partial charge in [0, 0.05) is 36.4 Å². The van der Waals surface area contributed by atoms with Gasteiger partial charge in [-0.3, -0.25) is 4.79 Å². The summed E-state index contributed by atoms with van der Waals surface area (Å²) >= 11 is 5.89. The zero-order valence-electron chi connectivity index (χ0n) is 19.4. The Hall–Kier alpha value is -3.20. The van der Waals surface area contributed by atoms with Gasteiger partial charge in [0.05, 0.1) is 11.8 Å². The van der Waals surface area contributed by atoms with Gasteiger partial charge in [0.2, 0.25) is 0 Å². The highest BCUT2D eigenvalue weighted by Gasteiger charge is 2.33. The zero-order chi connectivity index (χ0) is 24.3. The fourth-order valence-corrected chi connectivity index (χ4v) is 3.83. The number of nitrogens with one attached hydrogen (secondary N) is 1. The van der Waals surface area contributed by atoms with Crippen molar-refractivity contribution in [2.75, 3.05) is 25.0 Å². The highest BCUT2D eigenvalue weighted by Crippen LogP contribution is 2.20. The number of aryl methyl sites for hydroxylation is 2. The summed E-state index contributed by atoms with van der Waals surface area (Å²) in [6.45, 7) is 9.60. The molecular weight excluding hydrogens is 446 g/mol. The maximum Gasteiger partial charge on any atom is 0.342 e. The minimum atomic E-state index is -0.625. The van der Waals surface area contributed by atoms with E-state index < -0.39 is 5.97 Å². The van der Waals surface area contributed by atoms with Gasteiger partial charge in [0.1, 0.15) is 17.1 Å². The number of anilines is 1. The average molecular weight is 474 g/mol. The molecule has 0 spiro atoms. The number of ether oxygens (including phenoxy) is 1. The van der Waals surface area contributed by atoms with Gasteiger partial charge in [-0.15, -0.1) is 0 Å². The largest absolute Gasteiger partial charge is 0.459 e. The van der Waals surface area contributed by atoms with Crippen LogP contribution in [0.4, 0.5) is 10.5 Å². The van der Waals surface area contributed by atoms with E-state index >= 15 is 0 Å². The summed E-state index contributed by atoms with van der Waals surface area (Å²) < 4.78 is 5.31. The van der Waals surface area contributed by atoms with Gasteiger partial charge >= 0.3 is 12.0 Å². The number of aromatic nitrogens is 2. The number of hydrogen-bond acceptors (Lipinski definition) is 6. The zero-order valence-corrected chi connectivity index (χ0v) is 20.1. The van der Waals surface area contributed by atoms with E-state index in [1.54, 1.807) is 61.8 Å². The molecule has 1 aromatic carbocycles. The van der Waals surface area contributed by atoms with E-state index in [9.17, 15) is 14.4 Å². The third-order valence-electron chi connectivity index (χ3n) is 5.22. The van der Waals surface area contributed by atoms with Crippen LogP contribution in [0.2, 0.25) is 5.02 Å². The number of urea groups is 1.